The molecule has 1 N–H and O–H groups in total. The molecular formula is C18H24N2O3S. The molecule has 1 aliphatic heterocycles. The van der Waals surface area contributed by atoms with E-state index >= 15 is 0 Å². The highest BCUT2D eigenvalue weighted by Crippen LogP contribution is 2.33. The molecule has 0 amide bonds. The molecule has 1 aliphatic carbocycles. The molecule has 0 aromatic carbocycles. The minimum absolute atomic E-state index is 0.0515. The highest BCUT2D eigenvalue weighted by Gasteiger charge is 2.24. The van der Waals surface area contributed by atoms with Crippen LogP contribution in [0, 0.1) is 5.92 Å². The van der Waals surface area contributed by atoms with Crippen molar-refractivity contribution in [3.8, 4) is 5.75 Å². The van der Waals surface area contributed by atoms with E-state index in [1.165, 1.54) is 12.8 Å². The van der Waals surface area contributed by atoms with E-state index < -0.39 is 6.23 Å². The van der Waals surface area contributed by atoms with Crippen LogP contribution in [0.15, 0.2) is 34.9 Å². The number of aliphatic hydroxyl groups excluding tert-OH is 1. The lowest BCUT2D eigenvalue weighted by atomic mass is 10.0. The van der Waals surface area contributed by atoms with E-state index in [9.17, 15) is 9.90 Å². The first kappa shape index (κ1) is 17.2. The fourth-order valence-corrected chi connectivity index (χ4v) is 3.22. The average molecular weight is 348 g/mol. The predicted octanol–water partition coefficient (Wildman–Crippen LogP) is 2.51. The molecule has 0 bridgehead atoms. The van der Waals surface area contributed by atoms with Crippen LogP contribution >= 0.6 is 11.8 Å². The zero-order valence-corrected chi connectivity index (χ0v) is 15.2. The summed E-state index contributed by atoms with van der Waals surface area (Å²) in [5, 5.41) is 10.1. The number of thioether (sulfide) groups is 1. The van der Waals surface area contributed by atoms with Gasteiger partial charge in [0.2, 0.25) is 0 Å². The molecule has 5 nitrogen and oxygen atoms in total. The number of hydrogen-bond acceptors (Lipinski definition) is 5. The minimum Gasteiger partial charge on any atom is -0.492 e. The van der Waals surface area contributed by atoms with Crippen LogP contribution in [-0.4, -0.2) is 40.7 Å². The number of hydrogen-bond donors (Lipinski definition) is 1. The van der Waals surface area contributed by atoms with Crippen molar-refractivity contribution in [2.24, 2.45) is 5.92 Å². The van der Waals surface area contributed by atoms with Crippen LogP contribution in [0.25, 0.3) is 5.57 Å². The van der Waals surface area contributed by atoms with Gasteiger partial charge in [-0.2, -0.15) is 0 Å². The lowest BCUT2D eigenvalue weighted by Crippen LogP contribution is -2.30. The van der Waals surface area contributed by atoms with Gasteiger partial charge in [-0.1, -0.05) is 0 Å². The van der Waals surface area contributed by atoms with Crippen LogP contribution in [0.5, 0.6) is 5.75 Å². The van der Waals surface area contributed by atoms with Crippen molar-refractivity contribution in [1.82, 2.24) is 9.47 Å². The summed E-state index contributed by atoms with van der Waals surface area (Å²) in [7, 11) is 1.84. The smallest absolute Gasteiger partial charge is 0.255 e. The molecule has 0 spiro atoms. The third kappa shape index (κ3) is 3.70. The zero-order chi connectivity index (χ0) is 17.3. The van der Waals surface area contributed by atoms with Crippen molar-refractivity contribution in [3.05, 3.63) is 46.0 Å². The Labute approximate surface area is 146 Å². The Kier molecular flexibility index (Phi) is 5.06. The highest BCUT2D eigenvalue weighted by molar-refractivity contribution is 7.97. The quantitative estimate of drug-likeness (QED) is 0.856. The van der Waals surface area contributed by atoms with Gasteiger partial charge in [0.1, 0.15) is 12.0 Å². The van der Waals surface area contributed by atoms with Crippen LogP contribution in [0.2, 0.25) is 0 Å². The Morgan fingerprint density at radius 3 is 2.79 bits per heavy atom. The van der Waals surface area contributed by atoms with Crippen molar-refractivity contribution >= 4 is 17.3 Å². The van der Waals surface area contributed by atoms with E-state index in [-0.39, 0.29) is 5.56 Å². The summed E-state index contributed by atoms with van der Waals surface area (Å²) in [6.07, 6.45) is 9.48. The molecule has 24 heavy (non-hydrogen) atoms. The first-order chi connectivity index (χ1) is 11.5. The molecule has 1 saturated carbocycles. The topological polar surface area (TPSA) is 54.7 Å². The number of likely N-dealkylation sites (N-methyl/N-ethyl adjacent to an activating group) is 1. The number of pyridine rings is 1. The SMILES string of the molecule is CSCn1cc(C2=CN(C)C(O)C(C)=C2)c(OCC2CC2)cc1=O. The number of rotatable bonds is 6. The van der Waals surface area contributed by atoms with E-state index in [2.05, 4.69) is 0 Å². The monoisotopic (exact) mass is 348 g/mol. The lowest BCUT2D eigenvalue weighted by molar-refractivity contribution is 0.0868. The molecule has 1 aromatic rings. The molecule has 1 atom stereocenters. The summed E-state index contributed by atoms with van der Waals surface area (Å²) in [6.45, 7) is 2.56. The summed E-state index contributed by atoms with van der Waals surface area (Å²) in [5.74, 6) is 1.85. The van der Waals surface area contributed by atoms with Gasteiger partial charge in [0, 0.05) is 36.6 Å². The zero-order valence-electron chi connectivity index (χ0n) is 14.4. The van der Waals surface area contributed by atoms with Gasteiger partial charge < -0.3 is 19.3 Å². The van der Waals surface area contributed by atoms with Gasteiger partial charge in [0.05, 0.1) is 12.5 Å². The molecule has 3 rings (SSSR count). The second kappa shape index (κ2) is 7.07. The second-order valence-corrected chi connectivity index (χ2v) is 7.38. The van der Waals surface area contributed by atoms with Gasteiger partial charge in [-0.15, -0.1) is 11.8 Å². The van der Waals surface area contributed by atoms with Crippen LogP contribution in [0.3, 0.4) is 0 Å². The Balaban J connectivity index is 2.00. The highest BCUT2D eigenvalue weighted by atomic mass is 32.2. The standard InChI is InChI=1S/C18H24N2O3S/c1-12-6-14(8-19(2)18(12)22)15-9-20(11-24-3)17(21)7-16(15)23-10-13-4-5-13/h6-9,13,18,22H,4-5,10-11H2,1-3H3. The number of aromatic nitrogens is 1. The molecule has 0 saturated heterocycles. The molecule has 1 unspecified atom stereocenters. The van der Waals surface area contributed by atoms with Crippen LogP contribution in [0.4, 0.5) is 0 Å². The van der Waals surface area contributed by atoms with Crippen LogP contribution < -0.4 is 10.3 Å². The predicted molar refractivity (Wildman–Crippen MR) is 97.9 cm³/mol. The minimum atomic E-state index is -0.610. The Hall–Kier alpha value is -1.66. The molecule has 1 aromatic heterocycles. The Bertz CT molecular complexity index is 734. The normalized spacial score (nSPS) is 20.7. The average Bonchev–Trinajstić information content (AvgIpc) is 3.36. The van der Waals surface area contributed by atoms with Crippen LogP contribution in [-0.2, 0) is 5.88 Å². The third-order valence-electron chi connectivity index (χ3n) is 4.36. The van der Waals surface area contributed by atoms with Gasteiger partial charge >= 0.3 is 0 Å². The van der Waals surface area contributed by atoms with Crippen molar-refractivity contribution < 1.29 is 9.84 Å². The number of nitrogens with zero attached hydrogens (tertiary/aromatic N) is 2. The van der Waals surface area contributed by atoms with Gasteiger partial charge in [0.25, 0.3) is 5.56 Å². The third-order valence-corrected chi connectivity index (χ3v) is 4.89. The number of ether oxygens (including phenoxy) is 1. The van der Waals surface area contributed by atoms with E-state index in [0.717, 1.165) is 16.7 Å². The first-order valence-electron chi connectivity index (χ1n) is 8.16. The van der Waals surface area contributed by atoms with Gasteiger partial charge in [-0.25, -0.2) is 0 Å². The largest absolute Gasteiger partial charge is 0.492 e. The maximum Gasteiger partial charge on any atom is 0.255 e. The maximum atomic E-state index is 12.3. The van der Waals surface area contributed by atoms with Crippen molar-refractivity contribution in [1.29, 1.82) is 0 Å². The summed E-state index contributed by atoms with van der Waals surface area (Å²) >= 11 is 1.60. The maximum absolute atomic E-state index is 12.3. The van der Waals surface area contributed by atoms with E-state index in [1.54, 1.807) is 27.3 Å². The molecule has 130 valence electrons. The molecule has 6 heteroatoms. The first-order valence-corrected chi connectivity index (χ1v) is 9.55. The van der Waals surface area contributed by atoms with Gasteiger partial charge in [0.15, 0.2) is 0 Å². The fourth-order valence-electron chi connectivity index (χ4n) is 2.74. The molecule has 2 aliphatic rings. The summed E-state index contributed by atoms with van der Waals surface area (Å²) in [6, 6.07) is 1.59. The summed E-state index contributed by atoms with van der Waals surface area (Å²) in [4.78, 5) is 14.1. The number of allylic oxidation sites excluding steroid dienone is 2. The van der Waals surface area contributed by atoms with E-state index in [4.69, 9.17) is 4.74 Å². The van der Waals surface area contributed by atoms with E-state index in [0.29, 0.717) is 24.2 Å². The molecule has 1 fully saturated rings. The van der Waals surface area contributed by atoms with Crippen LogP contribution in [0.1, 0.15) is 25.3 Å². The van der Waals surface area contributed by atoms with Gasteiger partial charge in [-0.05, 0) is 43.6 Å². The Morgan fingerprint density at radius 2 is 2.17 bits per heavy atom. The summed E-state index contributed by atoms with van der Waals surface area (Å²) in [5.41, 5.74) is 2.65. The second-order valence-electron chi connectivity index (χ2n) is 6.54. The molecule has 2 heterocycles. The van der Waals surface area contributed by atoms with Crippen molar-refractivity contribution in [2.45, 2.75) is 31.9 Å². The molecule has 0 radical (unpaired) electrons. The summed E-state index contributed by atoms with van der Waals surface area (Å²) < 4.78 is 7.65. The van der Waals surface area contributed by atoms with Crippen molar-refractivity contribution in [3.63, 3.8) is 0 Å². The molecular weight excluding hydrogens is 324 g/mol. The Morgan fingerprint density at radius 1 is 1.42 bits per heavy atom. The lowest BCUT2D eigenvalue weighted by Gasteiger charge is -2.28. The van der Waals surface area contributed by atoms with Crippen molar-refractivity contribution in [2.75, 3.05) is 19.9 Å². The fraction of sp³-hybridized carbons (Fsp3) is 0.500. The number of aliphatic hydroxyl groups is 1. The van der Waals surface area contributed by atoms with Gasteiger partial charge in [-0.3, -0.25) is 4.79 Å². The van der Waals surface area contributed by atoms with E-state index in [1.807, 2.05) is 38.7 Å².